The van der Waals surface area contributed by atoms with E-state index in [2.05, 4.69) is 54.5 Å². The van der Waals surface area contributed by atoms with Gasteiger partial charge in [-0.2, -0.15) is 0 Å². The summed E-state index contributed by atoms with van der Waals surface area (Å²) >= 11 is 0. The lowest BCUT2D eigenvalue weighted by Gasteiger charge is -2.71. The number of carbonyl (C=O) groups is 1. The van der Waals surface area contributed by atoms with Crippen molar-refractivity contribution in [3.63, 3.8) is 0 Å². The van der Waals surface area contributed by atoms with E-state index >= 15 is 4.79 Å². The first-order chi connectivity index (χ1) is 39.8. The van der Waals surface area contributed by atoms with Crippen LogP contribution in [0.15, 0.2) is 11.6 Å². The topological polar surface area (TPSA) is 413 Å². The van der Waals surface area contributed by atoms with E-state index < -0.39 is 190 Å². The van der Waals surface area contributed by atoms with Gasteiger partial charge in [-0.15, -0.1) is 0 Å². The summed E-state index contributed by atoms with van der Waals surface area (Å²) in [6, 6.07) is 0. The van der Waals surface area contributed by atoms with Crippen LogP contribution in [0.25, 0.3) is 0 Å². The molecule has 5 heterocycles. The van der Waals surface area contributed by atoms with E-state index in [9.17, 15) is 76.6 Å². The Hall–Kier alpha value is -1.75. The Balaban J connectivity index is 0.811. The van der Waals surface area contributed by atoms with Crippen LogP contribution in [0.5, 0.6) is 0 Å². The van der Waals surface area contributed by atoms with Crippen molar-refractivity contribution in [1.82, 2.24) is 0 Å². The monoisotopic (exact) mass is 1220 g/mol. The third-order valence-electron chi connectivity index (χ3n) is 23.1. The van der Waals surface area contributed by atoms with Gasteiger partial charge >= 0.3 is 5.97 Å². The molecule has 26 heteroatoms. The summed E-state index contributed by atoms with van der Waals surface area (Å²) in [7, 11) is 0. The number of aliphatic hydroxyl groups excluding tert-OH is 15. The maximum absolute atomic E-state index is 15.1. The quantitative estimate of drug-likeness (QED) is 0.0513. The Morgan fingerprint density at radius 2 is 1.13 bits per heavy atom. The molecular formula is C59H96O26. The lowest BCUT2D eigenvalue weighted by molar-refractivity contribution is -0.382. The van der Waals surface area contributed by atoms with E-state index in [0.717, 1.165) is 32.1 Å². The van der Waals surface area contributed by atoms with Crippen molar-refractivity contribution in [1.29, 1.82) is 0 Å². The molecule has 0 radical (unpaired) electrons. The third-order valence-corrected chi connectivity index (χ3v) is 23.1. The number of hydrogen-bond donors (Lipinski definition) is 15. The highest BCUT2D eigenvalue weighted by Crippen LogP contribution is 2.76. The molecule has 0 aromatic carbocycles. The van der Waals surface area contributed by atoms with Gasteiger partial charge in [-0.3, -0.25) is 4.79 Å². The largest absolute Gasteiger partial charge is 0.432 e. The van der Waals surface area contributed by atoms with Crippen LogP contribution >= 0.6 is 0 Å². The number of ether oxygens (including phenoxy) is 10. The Kier molecular flexibility index (Phi) is 19.0. The molecule has 5 aliphatic heterocycles. The first kappa shape index (κ1) is 66.2. The Labute approximate surface area is 494 Å². The molecule has 0 spiro atoms. The highest BCUT2D eigenvalue weighted by atomic mass is 16.8. The summed E-state index contributed by atoms with van der Waals surface area (Å²) in [5.74, 6) is -0.459. The molecule has 0 amide bonds. The van der Waals surface area contributed by atoms with E-state index in [1.165, 1.54) is 12.5 Å². The Morgan fingerprint density at radius 3 is 1.80 bits per heavy atom. The Morgan fingerprint density at radius 1 is 0.553 bits per heavy atom. The maximum Gasteiger partial charge on any atom is 0.315 e. The average molecular weight is 1220 g/mol. The van der Waals surface area contributed by atoms with Crippen molar-refractivity contribution in [3.05, 3.63) is 11.6 Å². The molecule has 26 nitrogen and oxygen atoms in total. The van der Waals surface area contributed by atoms with Gasteiger partial charge in [0.05, 0.1) is 44.1 Å². The van der Waals surface area contributed by atoms with Gasteiger partial charge in [-0.1, -0.05) is 60.1 Å². The molecule has 10 aliphatic rings. The van der Waals surface area contributed by atoms with E-state index in [0.29, 0.717) is 32.1 Å². The number of fused-ring (bicyclic) bond motifs is 7. The van der Waals surface area contributed by atoms with Gasteiger partial charge in [-0.25, -0.2) is 0 Å². The minimum atomic E-state index is -1.84. The zero-order chi connectivity index (χ0) is 62.0. The van der Waals surface area contributed by atoms with Crippen molar-refractivity contribution >= 4 is 5.97 Å². The maximum atomic E-state index is 15.1. The van der Waals surface area contributed by atoms with Gasteiger partial charge in [0.15, 0.2) is 25.2 Å². The second-order valence-electron chi connectivity index (χ2n) is 28.7. The first-order valence-corrected chi connectivity index (χ1v) is 30.6. The molecular weight excluding hydrogens is 1120 g/mol. The Bertz CT molecular complexity index is 2360. The van der Waals surface area contributed by atoms with Crippen LogP contribution < -0.4 is 0 Å². The lowest BCUT2D eigenvalue weighted by Crippen LogP contribution is -2.66. The minimum Gasteiger partial charge on any atom is -0.432 e. The van der Waals surface area contributed by atoms with E-state index in [1.807, 2.05) is 0 Å². The van der Waals surface area contributed by atoms with Gasteiger partial charge in [0, 0.05) is 0 Å². The summed E-state index contributed by atoms with van der Waals surface area (Å²) in [5.41, 5.74) is -1.14. The zero-order valence-electron chi connectivity index (χ0n) is 49.8. The van der Waals surface area contributed by atoms with Crippen molar-refractivity contribution in [3.8, 4) is 0 Å². The van der Waals surface area contributed by atoms with Crippen molar-refractivity contribution < 1.29 is 129 Å². The predicted octanol–water partition coefficient (Wildman–Crippen LogP) is -2.54. The lowest BCUT2D eigenvalue weighted by atomic mass is 9.33. The number of rotatable bonds is 13. The molecule has 10 rings (SSSR count). The van der Waals surface area contributed by atoms with Crippen molar-refractivity contribution in [2.45, 2.75) is 273 Å². The van der Waals surface area contributed by atoms with Crippen LogP contribution in [0.2, 0.25) is 0 Å². The van der Waals surface area contributed by atoms with E-state index in [4.69, 9.17) is 47.4 Å². The second kappa shape index (κ2) is 24.4. The van der Waals surface area contributed by atoms with Crippen LogP contribution in [0.3, 0.4) is 0 Å². The molecule has 9 fully saturated rings. The number of hydrogen-bond acceptors (Lipinski definition) is 26. The fraction of sp³-hybridized carbons (Fsp3) is 0.949. The predicted molar refractivity (Wildman–Crippen MR) is 288 cm³/mol. The molecule has 0 bridgehead atoms. The SMILES string of the molecule is C[C@@H]1O[C@@H](O[C@H]2[C@H](O[C@H]3CO[C@@H](O[C@H]4CC[C@]5(C)[C@H]6CC=C7[C@H]8CC(C)(C)CC[C@]8(C(=O)O[C@@H]8O[C@H](CO[C@@H]9O[C@H](CO)[C@@H](O)[C@H](O)[C@H]9O)[C@@H](O)[C@H](O)[C@H]8O)CC[C@@]7(C)[C@]6(C)CC[C@H]5C4(C)C)[C@H](O)[C@H]3O)O[C@H](CO)[C@@H](O)[C@@H]2O)[C@H](O)[C@H](O)[C@H]1O. The molecule has 0 aromatic heterocycles. The van der Waals surface area contributed by atoms with Gasteiger partial charge in [0.25, 0.3) is 0 Å². The molecule has 15 N–H and O–H groups in total. The van der Waals surface area contributed by atoms with Gasteiger partial charge in [0.1, 0.15) is 110 Å². The van der Waals surface area contributed by atoms with Crippen LogP contribution in [0, 0.1) is 50.2 Å². The summed E-state index contributed by atoms with van der Waals surface area (Å²) < 4.78 is 59.3. The molecule has 488 valence electrons. The summed E-state index contributed by atoms with van der Waals surface area (Å²) in [4.78, 5) is 15.1. The number of esters is 1. The van der Waals surface area contributed by atoms with Crippen LogP contribution in [0.1, 0.15) is 120 Å². The van der Waals surface area contributed by atoms with E-state index in [-0.39, 0.29) is 46.0 Å². The third kappa shape index (κ3) is 11.2. The first-order valence-electron chi connectivity index (χ1n) is 30.6. The molecule has 4 saturated carbocycles. The highest BCUT2D eigenvalue weighted by Gasteiger charge is 2.70. The molecule has 5 saturated heterocycles. The zero-order valence-corrected chi connectivity index (χ0v) is 49.8. The van der Waals surface area contributed by atoms with Crippen molar-refractivity contribution in [2.75, 3.05) is 26.4 Å². The molecule has 5 aliphatic carbocycles. The summed E-state index contributed by atoms with van der Waals surface area (Å²) in [6.07, 6.45) is -29.3. The molecule has 0 unspecified atom stereocenters. The fourth-order valence-corrected chi connectivity index (χ4v) is 17.5. The second-order valence-corrected chi connectivity index (χ2v) is 28.7. The number of aliphatic hydroxyl groups is 15. The van der Waals surface area contributed by atoms with Gasteiger partial charge < -0.3 is 124 Å². The fourth-order valence-electron chi connectivity index (χ4n) is 17.5. The highest BCUT2D eigenvalue weighted by molar-refractivity contribution is 5.79. The van der Waals surface area contributed by atoms with Gasteiger partial charge in [-0.05, 0) is 116 Å². The van der Waals surface area contributed by atoms with Crippen LogP contribution in [0.4, 0.5) is 0 Å². The standard InChI is InChI=1S/C59H96O26/c1-24-34(62)39(67)45(73)50(78-24)84-47-42(70)36(64)28(21-61)80-52(47)82-30-23-77-49(43(71)38(30)66)83-33-12-13-56(6)31(55(33,4)5)11-14-58(8)32(56)10-9-25-26-19-54(2,3)15-17-59(26,18-16-57(25,58)7)53(75)85-51-46(74)41(69)37(65)29(81-51)22-76-48-44(72)40(68)35(63)27(20-60)79-48/h9,24,26-52,60-74H,10-23H2,1-8H3/t24-,26+,27+,28+,29+,30-,31-,32+,33-,34-,35+,36+,37+,38-,39+,40-,41-,42-,43+,44+,45+,46+,47+,48+,49-,50-,51-,52-,56-,57+,58+,59-/m0/s1. The molecule has 85 heavy (non-hydrogen) atoms. The minimum absolute atomic E-state index is 0.141. The molecule has 32 atom stereocenters. The number of carbonyl (C=O) groups excluding carboxylic acids is 1. The van der Waals surface area contributed by atoms with E-state index in [1.54, 1.807) is 0 Å². The van der Waals surface area contributed by atoms with Gasteiger partial charge in [0.2, 0.25) is 6.29 Å². The summed E-state index contributed by atoms with van der Waals surface area (Å²) in [5, 5.41) is 161. The number of allylic oxidation sites excluding steroid dienone is 2. The summed E-state index contributed by atoms with van der Waals surface area (Å²) in [6.45, 7) is 15.0. The van der Waals surface area contributed by atoms with Crippen LogP contribution in [-0.4, -0.2) is 263 Å². The normalized spacial score (nSPS) is 54.1. The van der Waals surface area contributed by atoms with Crippen molar-refractivity contribution in [2.24, 2.45) is 50.2 Å². The smallest absolute Gasteiger partial charge is 0.315 e. The van der Waals surface area contributed by atoms with Crippen LogP contribution in [-0.2, 0) is 52.2 Å². The molecule has 0 aromatic rings. The average Bonchev–Trinajstić information content (AvgIpc) is 0.683.